The number of fused-ring (bicyclic) bond motifs is 19. The largest absolute Gasteiger partial charge is 0.0848 e. The molecule has 7 rings (SSSR count). The average Bonchev–Trinajstić information content (AvgIpc) is 3.25. The Bertz CT molecular complexity index is 597. The molecule has 7 aliphatic carbocycles. The molecule has 5 saturated carbocycles. The van der Waals surface area contributed by atoms with Gasteiger partial charge in [-0.25, -0.2) is 0 Å². The number of allylic oxidation sites excluding steroid dienone is 4. The molecule has 21 heavy (non-hydrogen) atoms. The Kier molecular flexibility index (Phi) is 1.70. The van der Waals surface area contributed by atoms with Crippen LogP contribution >= 0.6 is 0 Å². The molecule has 110 valence electrons. The predicted molar refractivity (Wildman–Crippen MR) is 83.2 cm³/mol. The molecule has 0 N–H and O–H groups in total. The highest BCUT2D eigenvalue weighted by Gasteiger charge is 2.72. The Hall–Kier alpha value is -0.520. The zero-order valence-corrected chi connectivity index (χ0v) is 13.0. The fraction of sp³-hybridized carbons (Fsp3) is 0.810. The summed E-state index contributed by atoms with van der Waals surface area (Å²) in [5.74, 6) is 13.3. The van der Waals surface area contributed by atoms with E-state index < -0.39 is 0 Å². The lowest BCUT2D eigenvalue weighted by Crippen LogP contribution is -2.43. The van der Waals surface area contributed by atoms with Gasteiger partial charge in [0.05, 0.1) is 0 Å². The van der Waals surface area contributed by atoms with E-state index in [2.05, 4.69) is 25.2 Å². The molecule has 0 heterocycles. The number of hydrogen-bond acceptors (Lipinski definition) is 0. The smallest absolute Gasteiger partial charge is 0.0165 e. The number of hydrogen-bond donors (Lipinski definition) is 0. The van der Waals surface area contributed by atoms with Gasteiger partial charge in [0.15, 0.2) is 0 Å². The fourth-order valence-corrected chi connectivity index (χ4v) is 9.75. The van der Waals surface area contributed by atoms with Crippen molar-refractivity contribution in [3.63, 3.8) is 0 Å². The molecular weight excluding hydrogens is 252 g/mol. The van der Waals surface area contributed by atoms with E-state index in [9.17, 15) is 0 Å². The van der Waals surface area contributed by atoms with Gasteiger partial charge in [0.1, 0.15) is 0 Å². The van der Waals surface area contributed by atoms with E-state index in [1.165, 1.54) is 12.3 Å². The van der Waals surface area contributed by atoms with Crippen LogP contribution in [0.4, 0.5) is 0 Å². The lowest BCUT2D eigenvalue weighted by molar-refractivity contribution is 0.0158. The lowest BCUT2D eigenvalue weighted by atomic mass is 9.57. The van der Waals surface area contributed by atoms with Crippen molar-refractivity contribution < 1.29 is 0 Å². The minimum absolute atomic E-state index is 1.01. The van der Waals surface area contributed by atoms with Gasteiger partial charge in [0, 0.05) is 0 Å². The van der Waals surface area contributed by atoms with Crippen LogP contribution in [0.5, 0.6) is 0 Å². The summed E-state index contributed by atoms with van der Waals surface area (Å²) in [6.07, 6.45) is 14.2. The summed E-state index contributed by atoms with van der Waals surface area (Å²) in [4.78, 5) is 0. The standard InChI is InChI=1S/C21H26/c1-9-4-12-13(5-9)15-7-14(12)20-16-8-17(21(15)20)19-11-3-2-10(6-11)18(16)19/h2-4,10-21H,5-8H2,1H3. The molecule has 0 radical (unpaired) electrons. The van der Waals surface area contributed by atoms with E-state index in [1.54, 1.807) is 24.8 Å². The van der Waals surface area contributed by atoms with Crippen molar-refractivity contribution >= 4 is 0 Å². The Labute approximate surface area is 128 Å². The molecule has 0 aromatic heterocycles. The summed E-state index contributed by atoms with van der Waals surface area (Å²) in [7, 11) is 0. The third-order valence-electron chi connectivity index (χ3n) is 9.66. The molecule has 6 bridgehead atoms. The molecule has 0 saturated heterocycles. The van der Waals surface area contributed by atoms with Crippen molar-refractivity contribution in [1.82, 2.24) is 0 Å². The van der Waals surface area contributed by atoms with E-state index >= 15 is 0 Å². The summed E-state index contributed by atoms with van der Waals surface area (Å²) >= 11 is 0. The second-order valence-corrected chi connectivity index (χ2v) is 9.84. The third kappa shape index (κ3) is 1.02. The maximum absolute atomic E-state index is 2.72. The second kappa shape index (κ2) is 3.22. The third-order valence-corrected chi connectivity index (χ3v) is 9.66. The quantitative estimate of drug-likeness (QED) is 0.451. The van der Waals surface area contributed by atoms with Gasteiger partial charge >= 0.3 is 0 Å². The van der Waals surface area contributed by atoms with Gasteiger partial charge < -0.3 is 0 Å². The van der Waals surface area contributed by atoms with Crippen molar-refractivity contribution in [3.8, 4) is 0 Å². The first-order chi connectivity index (χ1) is 10.3. The van der Waals surface area contributed by atoms with Crippen LogP contribution in [0.25, 0.3) is 0 Å². The molecule has 0 heteroatoms. The molecule has 0 aromatic rings. The fourth-order valence-electron chi connectivity index (χ4n) is 9.75. The van der Waals surface area contributed by atoms with Crippen LogP contribution in [-0.4, -0.2) is 0 Å². The lowest BCUT2D eigenvalue weighted by Gasteiger charge is -2.47. The molecule has 12 unspecified atom stereocenters. The molecule has 0 amide bonds. The van der Waals surface area contributed by atoms with Gasteiger partial charge in [-0.3, -0.25) is 0 Å². The molecule has 0 nitrogen and oxygen atoms in total. The zero-order valence-electron chi connectivity index (χ0n) is 13.0. The van der Waals surface area contributed by atoms with E-state index in [1.807, 2.05) is 0 Å². The molecule has 0 aliphatic heterocycles. The highest BCUT2D eigenvalue weighted by molar-refractivity contribution is 5.29. The van der Waals surface area contributed by atoms with Crippen molar-refractivity contribution in [3.05, 3.63) is 23.8 Å². The topological polar surface area (TPSA) is 0 Å². The van der Waals surface area contributed by atoms with Gasteiger partial charge in [-0.2, -0.15) is 0 Å². The first-order valence-electron chi connectivity index (χ1n) is 9.67. The Balaban J connectivity index is 1.33. The predicted octanol–water partition coefficient (Wildman–Crippen LogP) is 4.54. The molecule has 0 spiro atoms. The van der Waals surface area contributed by atoms with E-state index in [0.717, 1.165) is 65.1 Å². The monoisotopic (exact) mass is 278 g/mol. The summed E-state index contributed by atoms with van der Waals surface area (Å²) in [6.45, 7) is 2.40. The van der Waals surface area contributed by atoms with Gasteiger partial charge in [-0.1, -0.05) is 23.8 Å². The number of rotatable bonds is 0. The first-order valence-corrected chi connectivity index (χ1v) is 9.67. The highest BCUT2D eigenvalue weighted by Crippen LogP contribution is 2.78. The Morgan fingerprint density at radius 2 is 1.38 bits per heavy atom. The maximum Gasteiger partial charge on any atom is -0.0165 e. The van der Waals surface area contributed by atoms with Crippen LogP contribution in [0.1, 0.15) is 32.6 Å². The van der Waals surface area contributed by atoms with Crippen LogP contribution in [0, 0.1) is 71.0 Å². The van der Waals surface area contributed by atoms with Crippen molar-refractivity contribution in [2.45, 2.75) is 32.6 Å². The van der Waals surface area contributed by atoms with Crippen LogP contribution in [0.3, 0.4) is 0 Å². The van der Waals surface area contributed by atoms with Gasteiger partial charge in [-0.15, -0.1) is 0 Å². The molecule has 7 aliphatic rings. The van der Waals surface area contributed by atoms with E-state index in [4.69, 9.17) is 0 Å². The molecule has 0 aromatic carbocycles. The molecule has 12 atom stereocenters. The van der Waals surface area contributed by atoms with Gasteiger partial charge in [0.25, 0.3) is 0 Å². The normalized spacial score (nSPS) is 70.4. The van der Waals surface area contributed by atoms with Crippen LogP contribution in [0.2, 0.25) is 0 Å². The van der Waals surface area contributed by atoms with Gasteiger partial charge in [0.2, 0.25) is 0 Å². The minimum atomic E-state index is 1.01. The zero-order chi connectivity index (χ0) is 13.5. The Morgan fingerprint density at radius 1 is 0.714 bits per heavy atom. The summed E-state index contributed by atoms with van der Waals surface area (Å²) in [6, 6.07) is 0. The van der Waals surface area contributed by atoms with Crippen LogP contribution in [0.15, 0.2) is 23.8 Å². The SMILES string of the molecule is CC1=CC2C(C1)C1CC2C2C3CC(C4C5C=CC(C5)C34)C12. The average molecular weight is 278 g/mol. The maximum atomic E-state index is 2.72. The van der Waals surface area contributed by atoms with E-state index in [-0.39, 0.29) is 0 Å². The summed E-state index contributed by atoms with van der Waals surface area (Å²) in [5, 5.41) is 0. The van der Waals surface area contributed by atoms with Crippen molar-refractivity contribution in [1.29, 1.82) is 0 Å². The molecular formula is C21H26. The van der Waals surface area contributed by atoms with E-state index in [0.29, 0.717) is 0 Å². The first kappa shape index (κ1) is 11.1. The van der Waals surface area contributed by atoms with Gasteiger partial charge in [-0.05, 0) is 104 Å². The van der Waals surface area contributed by atoms with Crippen molar-refractivity contribution in [2.75, 3.05) is 0 Å². The van der Waals surface area contributed by atoms with Crippen LogP contribution in [-0.2, 0) is 0 Å². The minimum Gasteiger partial charge on any atom is -0.0848 e. The van der Waals surface area contributed by atoms with Crippen LogP contribution < -0.4 is 0 Å². The van der Waals surface area contributed by atoms with Crippen molar-refractivity contribution in [2.24, 2.45) is 71.0 Å². The Morgan fingerprint density at radius 3 is 2.14 bits per heavy atom. The summed E-state index contributed by atoms with van der Waals surface area (Å²) < 4.78 is 0. The summed E-state index contributed by atoms with van der Waals surface area (Å²) in [5.41, 5.74) is 1.73. The second-order valence-electron chi connectivity index (χ2n) is 9.84. The molecule has 5 fully saturated rings. The highest BCUT2D eigenvalue weighted by atomic mass is 14.8.